The summed E-state index contributed by atoms with van der Waals surface area (Å²) in [5.41, 5.74) is 4.91. The minimum Gasteiger partial charge on any atom is -0.448 e. The molecule has 0 radical (unpaired) electrons. The van der Waals surface area contributed by atoms with Gasteiger partial charge in [-0.15, -0.1) is 0 Å². The van der Waals surface area contributed by atoms with E-state index in [0.29, 0.717) is 33.0 Å². The molecule has 210 valence electrons. The Labute approximate surface area is 230 Å². The van der Waals surface area contributed by atoms with Gasteiger partial charge >= 0.3 is 6.09 Å². The van der Waals surface area contributed by atoms with E-state index in [1.807, 2.05) is 12.1 Å². The molecule has 0 fully saturated rings. The molecule has 5 heteroatoms. The summed E-state index contributed by atoms with van der Waals surface area (Å²) in [7, 11) is 1.76. The molecule has 0 N–H and O–H groups in total. The Kier molecular flexibility index (Phi) is 14.3. The minimum absolute atomic E-state index is 0.0773. The zero-order valence-electron chi connectivity index (χ0n) is 23.8. The average molecular weight is 524 g/mol. The van der Waals surface area contributed by atoms with E-state index in [2.05, 4.69) is 43.3 Å². The number of nitrogens with zero attached hydrogens (tertiary/aromatic N) is 1. The number of ether oxygens (including phenoxy) is 3. The van der Waals surface area contributed by atoms with Gasteiger partial charge in [-0.25, -0.2) is 4.79 Å². The first kappa shape index (κ1) is 30.2. The summed E-state index contributed by atoms with van der Waals surface area (Å²) < 4.78 is 17.0. The largest absolute Gasteiger partial charge is 0.448 e. The third kappa shape index (κ3) is 10.1. The van der Waals surface area contributed by atoms with E-state index in [-0.39, 0.29) is 12.0 Å². The number of carbonyl (C=O) groups excluding carboxylic acids is 1. The number of hydrogen-bond acceptors (Lipinski definition) is 4. The van der Waals surface area contributed by atoms with Gasteiger partial charge in [0.2, 0.25) is 0 Å². The predicted octanol–water partition coefficient (Wildman–Crippen LogP) is 8.21. The van der Waals surface area contributed by atoms with Crippen LogP contribution in [0.15, 0.2) is 48.5 Å². The van der Waals surface area contributed by atoms with Gasteiger partial charge in [0, 0.05) is 26.1 Å². The Hall–Kier alpha value is -2.37. The summed E-state index contributed by atoms with van der Waals surface area (Å²) in [5, 5.41) is 0. The molecule has 0 saturated heterocycles. The molecule has 0 saturated carbocycles. The minimum atomic E-state index is -0.316. The van der Waals surface area contributed by atoms with Gasteiger partial charge in [0.05, 0.1) is 19.8 Å². The lowest BCUT2D eigenvalue weighted by Gasteiger charge is -2.19. The summed E-state index contributed by atoms with van der Waals surface area (Å²) in [6.45, 7) is 5.54. The maximum Gasteiger partial charge on any atom is 0.409 e. The summed E-state index contributed by atoms with van der Waals surface area (Å²) in [5.74, 6) is 0.0773. The molecule has 1 aliphatic carbocycles. The molecule has 5 nitrogen and oxygen atoms in total. The molecule has 0 atom stereocenters. The maximum atomic E-state index is 12.6. The number of hydrogen-bond donors (Lipinski definition) is 0. The smallest absolute Gasteiger partial charge is 0.409 e. The fraction of sp³-hybridized carbons (Fsp3) is 0.606. The van der Waals surface area contributed by atoms with Crippen molar-refractivity contribution >= 4 is 6.09 Å². The van der Waals surface area contributed by atoms with Crippen LogP contribution in [0.4, 0.5) is 4.79 Å². The Morgan fingerprint density at radius 1 is 0.684 bits per heavy atom. The van der Waals surface area contributed by atoms with Crippen LogP contribution in [0.3, 0.4) is 0 Å². The van der Waals surface area contributed by atoms with Gasteiger partial charge in [0.1, 0.15) is 6.61 Å². The second kappa shape index (κ2) is 18.0. The number of unbranched alkanes of at least 4 members (excludes halogenated alkanes) is 10. The number of benzene rings is 2. The standard InChI is InChI=1S/C33H49NO4/c1-3-4-5-6-7-8-9-10-11-12-17-23-36-25-26-37-24-22-34(2)33(35)38-27-32-30-20-15-13-18-28(30)29-19-14-16-21-31(29)32/h13-16,18-21,32H,3-12,17,22-27H2,1-2H3. The van der Waals surface area contributed by atoms with Crippen LogP contribution in [-0.2, 0) is 14.2 Å². The van der Waals surface area contributed by atoms with Crippen molar-refractivity contribution in [2.45, 2.75) is 83.5 Å². The van der Waals surface area contributed by atoms with Crippen molar-refractivity contribution in [3.8, 4) is 11.1 Å². The highest BCUT2D eigenvalue weighted by Gasteiger charge is 2.29. The lowest BCUT2D eigenvalue weighted by Crippen LogP contribution is -2.32. The summed E-state index contributed by atoms with van der Waals surface area (Å²) in [4.78, 5) is 14.1. The summed E-state index contributed by atoms with van der Waals surface area (Å²) >= 11 is 0. The zero-order valence-corrected chi connectivity index (χ0v) is 23.8. The predicted molar refractivity (Wildman–Crippen MR) is 156 cm³/mol. The normalized spacial score (nSPS) is 12.4. The highest BCUT2D eigenvalue weighted by atomic mass is 16.6. The maximum absolute atomic E-state index is 12.6. The van der Waals surface area contributed by atoms with Crippen molar-refractivity contribution in [2.24, 2.45) is 0 Å². The summed E-state index contributed by atoms with van der Waals surface area (Å²) in [6.07, 6.45) is 14.5. The van der Waals surface area contributed by atoms with Gasteiger partial charge in [-0.05, 0) is 28.7 Å². The molecule has 3 rings (SSSR count). The topological polar surface area (TPSA) is 48.0 Å². The molecule has 0 heterocycles. The Morgan fingerprint density at radius 3 is 1.76 bits per heavy atom. The first-order valence-corrected chi connectivity index (χ1v) is 14.9. The monoisotopic (exact) mass is 523 g/mol. The Morgan fingerprint density at radius 2 is 1.18 bits per heavy atom. The van der Waals surface area contributed by atoms with Crippen molar-refractivity contribution in [1.29, 1.82) is 0 Å². The molecular formula is C33H49NO4. The number of fused-ring (bicyclic) bond motifs is 3. The van der Waals surface area contributed by atoms with Gasteiger partial charge in [-0.1, -0.05) is 120 Å². The molecule has 1 aliphatic rings. The molecule has 2 aromatic rings. The van der Waals surface area contributed by atoms with Crippen molar-refractivity contribution < 1.29 is 19.0 Å². The van der Waals surface area contributed by atoms with Crippen molar-refractivity contribution in [3.05, 3.63) is 59.7 Å². The number of amides is 1. The van der Waals surface area contributed by atoms with Crippen LogP contribution in [-0.4, -0.2) is 57.6 Å². The molecule has 2 aromatic carbocycles. The number of carbonyl (C=O) groups is 1. The van der Waals surface area contributed by atoms with E-state index >= 15 is 0 Å². The third-order valence-corrected chi connectivity index (χ3v) is 7.48. The Balaban J connectivity index is 1.16. The lowest BCUT2D eigenvalue weighted by molar-refractivity contribution is 0.0371. The average Bonchev–Trinajstić information content (AvgIpc) is 3.27. The number of likely N-dealkylation sites (N-methyl/N-ethyl adjacent to an activating group) is 1. The van der Waals surface area contributed by atoms with Gasteiger partial charge in [0.15, 0.2) is 0 Å². The molecule has 0 aliphatic heterocycles. The molecule has 0 unspecified atom stereocenters. The van der Waals surface area contributed by atoms with Crippen LogP contribution in [0.1, 0.15) is 94.6 Å². The van der Waals surface area contributed by atoms with E-state index in [1.54, 1.807) is 11.9 Å². The second-order valence-electron chi connectivity index (χ2n) is 10.5. The molecule has 0 aromatic heterocycles. The van der Waals surface area contributed by atoms with E-state index in [4.69, 9.17) is 14.2 Å². The van der Waals surface area contributed by atoms with Gasteiger partial charge < -0.3 is 19.1 Å². The first-order chi connectivity index (χ1) is 18.7. The van der Waals surface area contributed by atoms with Crippen LogP contribution in [0.5, 0.6) is 0 Å². The first-order valence-electron chi connectivity index (χ1n) is 14.9. The quantitative estimate of drug-likeness (QED) is 0.164. The SMILES string of the molecule is CCCCCCCCCCCCCOCCOCCN(C)C(=O)OCC1c2ccccc2-c2ccccc21. The van der Waals surface area contributed by atoms with E-state index < -0.39 is 0 Å². The number of rotatable bonds is 20. The van der Waals surface area contributed by atoms with E-state index in [1.165, 1.54) is 86.5 Å². The second-order valence-corrected chi connectivity index (χ2v) is 10.5. The van der Waals surface area contributed by atoms with Gasteiger partial charge in [0.25, 0.3) is 0 Å². The summed E-state index contributed by atoms with van der Waals surface area (Å²) in [6, 6.07) is 16.7. The molecular weight excluding hydrogens is 474 g/mol. The highest BCUT2D eigenvalue weighted by Crippen LogP contribution is 2.44. The third-order valence-electron chi connectivity index (χ3n) is 7.48. The molecule has 1 amide bonds. The van der Waals surface area contributed by atoms with Crippen LogP contribution >= 0.6 is 0 Å². The molecule has 0 spiro atoms. The lowest BCUT2D eigenvalue weighted by atomic mass is 9.98. The highest BCUT2D eigenvalue weighted by molar-refractivity contribution is 5.79. The Bertz CT molecular complexity index is 885. The van der Waals surface area contributed by atoms with Crippen LogP contribution in [0, 0.1) is 0 Å². The van der Waals surface area contributed by atoms with Crippen LogP contribution < -0.4 is 0 Å². The van der Waals surface area contributed by atoms with Crippen molar-refractivity contribution in [1.82, 2.24) is 4.90 Å². The van der Waals surface area contributed by atoms with Gasteiger partial charge in [-0.3, -0.25) is 0 Å². The zero-order chi connectivity index (χ0) is 26.8. The van der Waals surface area contributed by atoms with Crippen molar-refractivity contribution in [2.75, 3.05) is 46.6 Å². The fourth-order valence-electron chi connectivity index (χ4n) is 5.19. The van der Waals surface area contributed by atoms with Crippen LogP contribution in [0.2, 0.25) is 0 Å². The van der Waals surface area contributed by atoms with E-state index in [9.17, 15) is 4.79 Å². The molecule has 38 heavy (non-hydrogen) atoms. The molecule has 0 bridgehead atoms. The van der Waals surface area contributed by atoms with Crippen molar-refractivity contribution in [3.63, 3.8) is 0 Å². The van der Waals surface area contributed by atoms with Crippen LogP contribution in [0.25, 0.3) is 11.1 Å². The van der Waals surface area contributed by atoms with Gasteiger partial charge in [-0.2, -0.15) is 0 Å². The van der Waals surface area contributed by atoms with E-state index in [0.717, 1.165) is 13.0 Å². The fourth-order valence-corrected chi connectivity index (χ4v) is 5.19.